The van der Waals surface area contributed by atoms with Gasteiger partial charge in [0.25, 0.3) is 5.91 Å². The number of ether oxygens (including phenoxy) is 2. The molecule has 34 heavy (non-hydrogen) atoms. The Morgan fingerprint density at radius 1 is 1.00 bits per heavy atom. The van der Waals surface area contributed by atoms with Gasteiger partial charge < -0.3 is 9.47 Å². The van der Waals surface area contributed by atoms with Crippen molar-refractivity contribution in [2.45, 2.75) is 20.4 Å². The number of fused-ring (bicyclic) bond motifs is 1. The average Bonchev–Trinajstić information content (AvgIpc) is 3.45. The number of aromatic amines is 1. The molecule has 0 radical (unpaired) electrons. The smallest absolute Gasteiger partial charge is 0.359 e. The van der Waals surface area contributed by atoms with E-state index in [9.17, 15) is 14.4 Å². The fourth-order valence-corrected chi connectivity index (χ4v) is 4.28. The normalized spacial score (nSPS) is 10.8. The van der Waals surface area contributed by atoms with Crippen molar-refractivity contribution >= 4 is 45.2 Å². The lowest BCUT2D eigenvalue weighted by molar-refractivity contribution is -0.121. The van der Waals surface area contributed by atoms with E-state index in [-0.39, 0.29) is 18.8 Å². The Balaban J connectivity index is 1.55. The summed E-state index contributed by atoms with van der Waals surface area (Å²) in [4.78, 5) is 44.2. The second-order valence-corrected chi connectivity index (χ2v) is 8.27. The van der Waals surface area contributed by atoms with E-state index in [1.165, 1.54) is 4.90 Å². The lowest BCUT2D eigenvalue weighted by atomic mass is 10.2. The largest absolute Gasteiger partial charge is 0.462 e. The minimum atomic E-state index is -0.715. The number of nitrogens with one attached hydrogen (secondary N) is 1. The van der Waals surface area contributed by atoms with Gasteiger partial charge in [-0.2, -0.15) is 5.10 Å². The minimum absolute atomic E-state index is 0.104. The minimum Gasteiger partial charge on any atom is -0.462 e. The Morgan fingerprint density at radius 3 is 2.50 bits per heavy atom. The third-order valence-corrected chi connectivity index (χ3v) is 6.11. The molecule has 174 valence electrons. The third-order valence-electron chi connectivity index (χ3n) is 4.95. The summed E-state index contributed by atoms with van der Waals surface area (Å²) in [6.45, 7) is 3.31. The third kappa shape index (κ3) is 4.96. The van der Waals surface area contributed by atoms with Crippen LogP contribution in [0.2, 0.25) is 0 Å². The van der Waals surface area contributed by atoms with Crippen LogP contribution >= 0.6 is 11.3 Å². The van der Waals surface area contributed by atoms with Gasteiger partial charge in [0.05, 0.1) is 24.4 Å². The summed E-state index contributed by atoms with van der Waals surface area (Å²) in [5, 5.41) is 7.70. The molecule has 10 heteroatoms. The van der Waals surface area contributed by atoms with Crippen molar-refractivity contribution in [3.8, 4) is 0 Å². The molecule has 0 aliphatic heterocycles. The predicted octanol–water partition coefficient (Wildman–Crippen LogP) is 3.89. The number of hydrogen-bond donors (Lipinski definition) is 1. The Kier molecular flexibility index (Phi) is 6.98. The number of amides is 1. The molecule has 0 atom stereocenters. The highest BCUT2D eigenvalue weighted by Crippen LogP contribution is 2.28. The topological polar surface area (TPSA) is 114 Å². The molecule has 0 aliphatic carbocycles. The second kappa shape index (κ2) is 10.3. The molecular formula is C24H22N4O5S. The van der Waals surface area contributed by atoms with Gasteiger partial charge in [0.15, 0.2) is 17.4 Å². The summed E-state index contributed by atoms with van der Waals surface area (Å²) in [7, 11) is 0. The maximum Gasteiger partial charge on any atom is 0.359 e. The van der Waals surface area contributed by atoms with Crippen LogP contribution in [0.25, 0.3) is 10.9 Å². The summed E-state index contributed by atoms with van der Waals surface area (Å²) < 4.78 is 10.4. The number of aromatic nitrogens is 3. The first-order chi connectivity index (χ1) is 16.5. The number of aryl methyl sites for hydroxylation is 1. The first-order valence-electron chi connectivity index (χ1n) is 10.6. The summed E-state index contributed by atoms with van der Waals surface area (Å²) in [5.74, 6) is -1.69. The van der Waals surface area contributed by atoms with Gasteiger partial charge in [0.2, 0.25) is 0 Å². The molecule has 2 aromatic carbocycles. The molecular weight excluding hydrogens is 456 g/mol. The molecule has 2 aromatic heterocycles. The summed E-state index contributed by atoms with van der Waals surface area (Å²) in [6.07, 6.45) is 0. The zero-order chi connectivity index (χ0) is 24.1. The zero-order valence-corrected chi connectivity index (χ0v) is 19.4. The molecule has 4 rings (SSSR count). The lowest BCUT2D eigenvalue weighted by Crippen LogP contribution is -2.34. The number of H-pyrrole nitrogens is 1. The molecule has 0 spiro atoms. The number of para-hydroxylation sites is 1. The molecule has 0 saturated carbocycles. The quantitative estimate of drug-likeness (QED) is 0.382. The number of nitrogens with zero attached hydrogens (tertiary/aromatic N) is 3. The fourth-order valence-electron chi connectivity index (χ4n) is 3.30. The van der Waals surface area contributed by atoms with Crippen molar-refractivity contribution in [3.05, 3.63) is 76.4 Å². The summed E-state index contributed by atoms with van der Waals surface area (Å²) in [5.41, 5.74) is 2.11. The van der Waals surface area contributed by atoms with Gasteiger partial charge in [-0.25, -0.2) is 14.6 Å². The molecule has 0 fully saturated rings. The number of rotatable bonds is 8. The van der Waals surface area contributed by atoms with E-state index in [2.05, 4.69) is 15.2 Å². The Morgan fingerprint density at radius 2 is 1.74 bits per heavy atom. The van der Waals surface area contributed by atoms with Crippen molar-refractivity contribution in [3.63, 3.8) is 0 Å². The SMILES string of the molecule is CCOC(=O)c1sc(N(Cc2ccccc2)C(=O)COC(=O)c2n[nH]c3ccccc23)nc1C. The summed E-state index contributed by atoms with van der Waals surface area (Å²) >= 11 is 1.06. The van der Waals surface area contributed by atoms with Gasteiger partial charge in [-0.15, -0.1) is 0 Å². The molecule has 9 nitrogen and oxygen atoms in total. The van der Waals surface area contributed by atoms with E-state index in [4.69, 9.17) is 9.47 Å². The van der Waals surface area contributed by atoms with Crippen molar-refractivity contribution < 1.29 is 23.9 Å². The maximum atomic E-state index is 13.2. The van der Waals surface area contributed by atoms with Crippen LogP contribution < -0.4 is 4.90 Å². The van der Waals surface area contributed by atoms with Crippen LogP contribution in [-0.2, 0) is 20.8 Å². The molecule has 1 N–H and O–H groups in total. The number of esters is 2. The number of carbonyl (C=O) groups excluding carboxylic acids is 3. The van der Waals surface area contributed by atoms with Gasteiger partial charge in [-0.05, 0) is 25.5 Å². The molecule has 0 saturated heterocycles. The zero-order valence-electron chi connectivity index (χ0n) is 18.6. The van der Waals surface area contributed by atoms with Crippen LogP contribution in [0.15, 0.2) is 54.6 Å². The lowest BCUT2D eigenvalue weighted by Gasteiger charge is -2.20. The van der Waals surface area contributed by atoms with Gasteiger partial charge in [-0.3, -0.25) is 14.8 Å². The predicted molar refractivity (Wildman–Crippen MR) is 127 cm³/mol. The number of thiazole rings is 1. The van der Waals surface area contributed by atoms with Crippen molar-refractivity contribution in [1.82, 2.24) is 15.2 Å². The van der Waals surface area contributed by atoms with E-state index in [0.29, 0.717) is 26.6 Å². The van der Waals surface area contributed by atoms with Gasteiger partial charge in [0, 0.05) is 5.39 Å². The van der Waals surface area contributed by atoms with E-state index < -0.39 is 24.5 Å². The van der Waals surface area contributed by atoms with Gasteiger partial charge in [0.1, 0.15) is 4.88 Å². The molecule has 0 bridgehead atoms. The standard InChI is InChI=1S/C24H22N4O5S/c1-3-32-23(31)21-15(2)25-24(34-21)28(13-16-9-5-4-6-10-16)19(29)14-33-22(30)20-17-11-7-8-12-18(17)26-27-20/h4-12H,3,13-14H2,1-2H3,(H,26,27). The van der Waals surface area contributed by atoms with Crippen LogP contribution in [0, 0.1) is 6.92 Å². The van der Waals surface area contributed by atoms with Crippen LogP contribution in [-0.4, -0.2) is 46.2 Å². The van der Waals surface area contributed by atoms with Crippen molar-refractivity contribution in [2.24, 2.45) is 0 Å². The molecule has 1 amide bonds. The Bertz CT molecular complexity index is 1330. The van der Waals surface area contributed by atoms with E-state index in [0.717, 1.165) is 16.9 Å². The number of hydrogen-bond acceptors (Lipinski definition) is 8. The second-order valence-electron chi connectivity index (χ2n) is 7.29. The van der Waals surface area contributed by atoms with Gasteiger partial charge in [-0.1, -0.05) is 59.9 Å². The first-order valence-corrected chi connectivity index (χ1v) is 11.4. The molecule has 0 aliphatic rings. The number of anilines is 1. The Labute approximate surface area is 199 Å². The fraction of sp³-hybridized carbons (Fsp3) is 0.208. The van der Waals surface area contributed by atoms with Crippen LogP contribution in [0.3, 0.4) is 0 Å². The molecule has 0 unspecified atom stereocenters. The van der Waals surface area contributed by atoms with E-state index in [1.54, 1.807) is 32.0 Å². The van der Waals surface area contributed by atoms with E-state index >= 15 is 0 Å². The van der Waals surface area contributed by atoms with E-state index in [1.807, 2.05) is 36.4 Å². The van der Waals surface area contributed by atoms with Crippen LogP contribution in [0.5, 0.6) is 0 Å². The first kappa shape index (κ1) is 23.1. The van der Waals surface area contributed by atoms with Crippen LogP contribution in [0.4, 0.5) is 5.13 Å². The highest BCUT2D eigenvalue weighted by Gasteiger charge is 2.26. The number of benzene rings is 2. The monoisotopic (exact) mass is 478 g/mol. The van der Waals surface area contributed by atoms with Crippen molar-refractivity contribution in [2.75, 3.05) is 18.1 Å². The highest BCUT2D eigenvalue weighted by atomic mass is 32.1. The number of carbonyl (C=O) groups is 3. The average molecular weight is 479 g/mol. The Hall–Kier alpha value is -4.05. The summed E-state index contributed by atoms with van der Waals surface area (Å²) in [6, 6.07) is 16.5. The van der Waals surface area contributed by atoms with Crippen LogP contribution in [0.1, 0.15) is 38.3 Å². The molecule has 2 heterocycles. The molecule has 4 aromatic rings. The van der Waals surface area contributed by atoms with Gasteiger partial charge >= 0.3 is 11.9 Å². The highest BCUT2D eigenvalue weighted by molar-refractivity contribution is 7.17. The van der Waals surface area contributed by atoms with Crippen molar-refractivity contribution in [1.29, 1.82) is 0 Å². The maximum absolute atomic E-state index is 13.2.